The van der Waals surface area contributed by atoms with E-state index < -0.39 is 28.5 Å². The van der Waals surface area contributed by atoms with E-state index in [0.29, 0.717) is 13.0 Å². The zero-order valence-electron chi connectivity index (χ0n) is 25.0. The molecule has 0 saturated heterocycles. The summed E-state index contributed by atoms with van der Waals surface area (Å²) in [4.78, 5) is 29.7. The topological polar surface area (TPSA) is 96.0 Å². The van der Waals surface area contributed by atoms with E-state index in [1.54, 1.807) is 30.3 Å². The Hall–Kier alpha value is -3.86. The van der Waals surface area contributed by atoms with Crippen LogP contribution in [0.25, 0.3) is 0 Å². The van der Waals surface area contributed by atoms with E-state index in [2.05, 4.69) is 21.2 Å². The lowest BCUT2D eigenvalue weighted by Crippen LogP contribution is -2.53. The summed E-state index contributed by atoms with van der Waals surface area (Å²) in [5.41, 5.74) is 1.71. The Morgan fingerprint density at radius 3 is 2.22 bits per heavy atom. The third-order valence-corrected chi connectivity index (χ3v) is 9.58. The average molecular weight is 713 g/mol. The SMILES string of the molecule is CCCNC(=O)[C@H](Cc1ccccc1)N(Cc1cccc(Br)c1)C(=O)CN(c1cc(Cl)ccc1OC)S(=O)(=O)c1ccccc1. The minimum Gasteiger partial charge on any atom is -0.495 e. The number of ether oxygens (including phenoxy) is 1. The molecule has 0 fully saturated rings. The number of rotatable bonds is 14. The molecule has 4 aromatic rings. The lowest BCUT2D eigenvalue weighted by molar-refractivity contribution is -0.140. The van der Waals surface area contributed by atoms with Gasteiger partial charge in [-0.15, -0.1) is 0 Å². The minimum atomic E-state index is -4.29. The Kier molecular flexibility index (Phi) is 12.0. The summed E-state index contributed by atoms with van der Waals surface area (Å²) in [5, 5.41) is 3.20. The third kappa shape index (κ3) is 8.87. The molecule has 2 amide bonds. The van der Waals surface area contributed by atoms with Crippen molar-refractivity contribution >= 4 is 55.1 Å². The van der Waals surface area contributed by atoms with Gasteiger partial charge in [0.15, 0.2) is 0 Å². The molecule has 11 heteroatoms. The van der Waals surface area contributed by atoms with Crippen molar-refractivity contribution in [2.24, 2.45) is 0 Å². The number of carbonyl (C=O) groups excluding carboxylic acids is 2. The molecule has 0 bridgehead atoms. The molecule has 1 N–H and O–H groups in total. The monoisotopic (exact) mass is 711 g/mol. The Labute approximate surface area is 278 Å². The van der Waals surface area contributed by atoms with E-state index in [0.717, 1.165) is 19.9 Å². The highest BCUT2D eigenvalue weighted by atomic mass is 79.9. The number of anilines is 1. The molecule has 4 rings (SSSR count). The van der Waals surface area contributed by atoms with Gasteiger partial charge in [0.1, 0.15) is 18.3 Å². The van der Waals surface area contributed by atoms with Crippen molar-refractivity contribution in [3.05, 3.63) is 124 Å². The molecule has 1 atom stereocenters. The average Bonchev–Trinajstić information content (AvgIpc) is 3.04. The Morgan fingerprint density at radius 2 is 1.58 bits per heavy atom. The van der Waals surface area contributed by atoms with Gasteiger partial charge < -0.3 is 15.0 Å². The van der Waals surface area contributed by atoms with Crippen LogP contribution in [0.1, 0.15) is 24.5 Å². The Balaban J connectivity index is 1.84. The molecule has 4 aromatic carbocycles. The summed E-state index contributed by atoms with van der Waals surface area (Å²) >= 11 is 9.83. The van der Waals surface area contributed by atoms with Crippen LogP contribution in [0, 0.1) is 0 Å². The molecule has 45 heavy (non-hydrogen) atoms. The zero-order valence-corrected chi connectivity index (χ0v) is 28.2. The van der Waals surface area contributed by atoms with Gasteiger partial charge in [-0.25, -0.2) is 8.42 Å². The summed E-state index contributed by atoms with van der Waals surface area (Å²) < 4.78 is 35.7. The van der Waals surface area contributed by atoms with E-state index in [9.17, 15) is 18.0 Å². The Morgan fingerprint density at radius 1 is 0.911 bits per heavy atom. The third-order valence-electron chi connectivity index (χ3n) is 7.08. The van der Waals surface area contributed by atoms with Crippen LogP contribution in [0.3, 0.4) is 0 Å². The zero-order chi connectivity index (χ0) is 32.4. The van der Waals surface area contributed by atoms with Crippen LogP contribution in [0.15, 0.2) is 112 Å². The number of nitrogens with one attached hydrogen (secondary N) is 1. The highest BCUT2D eigenvalue weighted by molar-refractivity contribution is 9.10. The van der Waals surface area contributed by atoms with E-state index in [1.807, 2.05) is 61.5 Å². The van der Waals surface area contributed by atoms with Gasteiger partial charge in [-0.1, -0.05) is 95.1 Å². The lowest BCUT2D eigenvalue weighted by Gasteiger charge is -2.34. The summed E-state index contributed by atoms with van der Waals surface area (Å²) in [6.07, 6.45) is 0.934. The fourth-order valence-electron chi connectivity index (χ4n) is 4.84. The van der Waals surface area contributed by atoms with E-state index in [1.165, 1.54) is 30.2 Å². The lowest BCUT2D eigenvalue weighted by atomic mass is 10.0. The molecule has 0 aliphatic rings. The van der Waals surface area contributed by atoms with Crippen molar-refractivity contribution in [3.8, 4) is 5.75 Å². The predicted molar refractivity (Wildman–Crippen MR) is 181 cm³/mol. The van der Waals surface area contributed by atoms with Crippen molar-refractivity contribution in [1.82, 2.24) is 10.2 Å². The van der Waals surface area contributed by atoms with Crippen molar-refractivity contribution in [2.75, 3.05) is 24.5 Å². The molecule has 0 spiro atoms. The predicted octanol–water partition coefficient (Wildman–Crippen LogP) is 6.47. The van der Waals surface area contributed by atoms with E-state index >= 15 is 0 Å². The number of sulfonamides is 1. The normalized spacial score (nSPS) is 11.8. The fourth-order valence-corrected chi connectivity index (χ4v) is 6.89. The summed E-state index contributed by atoms with van der Waals surface area (Å²) in [7, 11) is -2.88. The molecule has 0 aromatic heterocycles. The van der Waals surface area contributed by atoms with Crippen molar-refractivity contribution < 1.29 is 22.7 Å². The molecule has 0 unspecified atom stereocenters. The number of halogens is 2. The molecule has 0 saturated carbocycles. The van der Waals surface area contributed by atoms with Crippen LogP contribution in [0.4, 0.5) is 5.69 Å². The van der Waals surface area contributed by atoms with Crippen LogP contribution in [0.5, 0.6) is 5.75 Å². The van der Waals surface area contributed by atoms with Gasteiger partial charge in [-0.05, 0) is 60.0 Å². The second kappa shape index (κ2) is 15.9. The van der Waals surface area contributed by atoms with Gasteiger partial charge in [0, 0.05) is 29.0 Å². The van der Waals surface area contributed by atoms with Crippen LogP contribution in [0.2, 0.25) is 5.02 Å². The quantitative estimate of drug-likeness (QED) is 0.162. The maximum atomic E-state index is 14.5. The van der Waals surface area contributed by atoms with Gasteiger partial charge in [-0.2, -0.15) is 0 Å². The molecule has 0 heterocycles. The molecule has 8 nitrogen and oxygen atoms in total. The highest BCUT2D eigenvalue weighted by Crippen LogP contribution is 2.35. The van der Waals surface area contributed by atoms with E-state index in [4.69, 9.17) is 16.3 Å². The minimum absolute atomic E-state index is 0.0140. The second-order valence-electron chi connectivity index (χ2n) is 10.3. The van der Waals surface area contributed by atoms with E-state index in [-0.39, 0.29) is 40.2 Å². The summed E-state index contributed by atoms with van der Waals surface area (Å²) in [6, 6.07) is 28.3. The number of carbonyl (C=O) groups is 2. The van der Waals surface area contributed by atoms with Gasteiger partial charge >= 0.3 is 0 Å². The standard InChI is InChI=1S/C34H35BrClN3O5S/c1-3-19-37-34(41)31(21-25-11-6-4-7-12-25)38(23-26-13-10-14-27(35)20-26)33(40)24-39(30-22-28(36)17-18-32(30)44-2)45(42,43)29-15-8-5-9-16-29/h4-18,20,22,31H,3,19,21,23-24H2,1-2H3,(H,37,41)/t31-/m0/s1. The maximum absolute atomic E-state index is 14.5. The number of nitrogens with zero attached hydrogens (tertiary/aromatic N) is 2. The fraction of sp³-hybridized carbons (Fsp3) is 0.235. The Bertz CT molecular complexity index is 1710. The van der Waals surface area contributed by atoms with Crippen LogP contribution < -0.4 is 14.4 Å². The number of benzene rings is 4. The van der Waals surface area contributed by atoms with Crippen LogP contribution in [-0.2, 0) is 32.6 Å². The second-order valence-corrected chi connectivity index (χ2v) is 13.5. The molecule has 0 aliphatic carbocycles. The molecule has 236 valence electrons. The van der Waals surface area contributed by atoms with Crippen molar-refractivity contribution in [1.29, 1.82) is 0 Å². The van der Waals surface area contributed by atoms with Crippen molar-refractivity contribution in [2.45, 2.75) is 37.2 Å². The molecular formula is C34H35BrClN3O5S. The number of hydrogen-bond acceptors (Lipinski definition) is 5. The van der Waals surface area contributed by atoms with Gasteiger partial charge in [-0.3, -0.25) is 13.9 Å². The van der Waals surface area contributed by atoms with Gasteiger partial charge in [0.25, 0.3) is 10.0 Å². The number of amides is 2. The van der Waals surface area contributed by atoms with Gasteiger partial charge in [0.2, 0.25) is 11.8 Å². The smallest absolute Gasteiger partial charge is 0.264 e. The highest BCUT2D eigenvalue weighted by Gasteiger charge is 2.35. The number of methoxy groups -OCH3 is 1. The first-order valence-electron chi connectivity index (χ1n) is 14.4. The summed E-state index contributed by atoms with van der Waals surface area (Å²) in [5.74, 6) is -0.697. The van der Waals surface area contributed by atoms with Crippen LogP contribution >= 0.6 is 27.5 Å². The molecular weight excluding hydrogens is 678 g/mol. The first-order chi connectivity index (χ1) is 21.6. The molecule has 0 aliphatic heterocycles. The maximum Gasteiger partial charge on any atom is 0.264 e. The molecule has 0 radical (unpaired) electrons. The summed E-state index contributed by atoms with van der Waals surface area (Å²) in [6.45, 7) is 1.81. The largest absolute Gasteiger partial charge is 0.495 e. The number of hydrogen-bond donors (Lipinski definition) is 1. The van der Waals surface area contributed by atoms with Gasteiger partial charge in [0.05, 0.1) is 17.7 Å². The first-order valence-corrected chi connectivity index (χ1v) is 17.0. The van der Waals surface area contributed by atoms with Crippen molar-refractivity contribution in [3.63, 3.8) is 0 Å². The van der Waals surface area contributed by atoms with Crippen LogP contribution in [-0.4, -0.2) is 51.4 Å². The first kappa shape index (κ1) is 34.0.